The number of carbonyl (C=O) groups is 1. The fourth-order valence-electron chi connectivity index (χ4n) is 3.57. The quantitative estimate of drug-likeness (QED) is 0.310. The molecule has 1 aliphatic rings. The SMILES string of the molecule is O=C(NC(=S)Nc1cccc(OCC2CCCO2)c1)c1ccccc1OCCOc1ccccc1. The van der Waals surface area contributed by atoms with E-state index in [9.17, 15) is 4.79 Å². The molecule has 8 heteroatoms. The maximum Gasteiger partial charge on any atom is 0.261 e. The summed E-state index contributed by atoms with van der Waals surface area (Å²) in [4.78, 5) is 12.8. The molecule has 0 spiro atoms. The number of rotatable bonds is 10. The first-order chi connectivity index (χ1) is 17.2. The minimum Gasteiger partial charge on any atom is -0.491 e. The van der Waals surface area contributed by atoms with Crippen molar-refractivity contribution in [2.24, 2.45) is 0 Å². The van der Waals surface area contributed by atoms with Crippen molar-refractivity contribution in [1.82, 2.24) is 5.32 Å². The Morgan fingerprint density at radius 3 is 2.51 bits per heavy atom. The van der Waals surface area contributed by atoms with Gasteiger partial charge in [0.15, 0.2) is 5.11 Å². The molecular formula is C27H28N2O5S. The summed E-state index contributed by atoms with van der Waals surface area (Å²) in [5.41, 5.74) is 1.09. The molecule has 3 aromatic carbocycles. The van der Waals surface area contributed by atoms with Crippen LogP contribution >= 0.6 is 12.2 Å². The molecule has 1 atom stereocenters. The van der Waals surface area contributed by atoms with Crippen molar-refractivity contribution in [2.45, 2.75) is 18.9 Å². The van der Waals surface area contributed by atoms with Crippen LogP contribution in [-0.4, -0.2) is 43.6 Å². The monoisotopic (exact) mass is 492 g/mol. The molecule has 35 heavy (non-hydrogen) atoms. The summed E-state index contributed by atoms with van der Waals surface area (Å²) in [5, 5.41) is 5.91. The summed E-state index contributed by atoms with van der Waals surface area (Å²) in [5.74, 6) is 1.55. The Kier molecular flexibility index (Phi) is 8.91. The largest absolute Gasteiger partial charge is 0.491 e. The average molecular weight is 493 g/mol. The van der Waals surface area contributed by atoms with Crippen molar-refractivity contribution in [3.63, 3.8) is 0 Å². The van der Waals surface area contributed by atoms with Crippen LogP contribution in [0, 0.1) is 0 Å². The van der Waals surface area contributed by atoms with Crippen LogP contribution in [0.1, 0.15) is 23.2 Å². The van der Waals surface area contributed by atoms with Crippen molar-refractivity contribution in [2.75, 3.05) is 31.7 Å². The van der Waals surface area contributed by atoms with Crippen molar-refractivity contribution >= 4 is 28.9 Å². The average Bonchev–Trinajstić information content (AvgIpc) is 3.40. The van der Waals surface area contributed by atoms with Crippen LogP contribution in [-0.2, 0) is 4.74 Å². The molecule has 1 fully saturated rings. The van der Waals surface area contributed by atoms with Gasteiger partial charge in [0.25, 0.3) is 5.91 Å². The normalized spacial score (nSPS) is 14.7. The van der Waals surface area contributed by atoms with Crippen molar-refractivity contribution in [3.8, 4) is 17.2 Å². The van der Waals surface area contributed by atoms with Gasteiger partial charge in [-0.2, -0.15) is 0 Å². The van der Waals surface area contributed by atoms with Gasteiger partial charge in [-0.15, -0.1) is 0 Å². The number of benzene rings is 3. The van der Waals surface area contributed by atoms with E-state index in [1.54, 1.807) is 18.2 Å². The predicted molar refractivity (Wildman–Crippen MR) is 138 cm³/mol. The third-order valence-corrected chi connectivity index (χ3v) is 5.47. The molecule has 0 aliphatic carbocycles. The van der Waals surface area contributed by atoms with Gasteiger partial charge in [-0.1, -0.05) is 36.4 Å². The molecule has 1 heterocycles. The van der Waals surface area contributed by atoms with E-state index < -0.39 is 0 Å². The van der Waals surface area contributed by atoms with E-state index in [2.05, 4.69) is 10.6 Å². The second-order valence-corrected chi connectivity index (χ2v) is 8.30. The smallest absolute Gasteiger partial charge is 0.261 e. The number of hydrogen-bond donors (Lipinski definition) is 2. The van der Waals surface area contributed by atoms with Crippen LogP contribution < -0.4 is 24.8 Å². The lowest BCUT2D eigenvalue weighted by Gasteiger charge is -2.14. The first-order valence-electron chi connectivity index (χ1n) is 11.5. The van der Waals surface area contributed by atoms with Gasteiger partial charge in [0, 0.05) is 18.4 Å². The molecule has 7 nitrogen and oxygen atoms in total. The highest BCUT2D eigenvalue weighted by Gasteiger charge is 2.16. The number of carbonyl (C=O) groups excluding carboxylic acids is 1. The molecule has 0 radical (unpaired) electrons. The van der Waals surface area contributed by atoms with Gasteiger partial charge < -0.3 is 24.3 Å². The Bertz CT molecular complexity index is 1120. The number of nitrogens with one attached hydrogen (secondary N) is 2. The van der Waals surface area contributed by atoms with E-state index in [0.29, 0.717) is 42.6 Å². The number of thiocarbonyl (C=S) groups is 1. The van der Waals surface area contributed by atoms with Crippen molar-refractivity contribution in [1.29, 1.82) is 0 Å². The Morgan fingerprint density at radius 2 is 1.69 bits per heavy atom. The number of ether oxygens (including phenoxy) is 4. The zero-order valence-electron chi connectivity index (χ0n) is 19.3. The molecule has 3 aromatic rings. The summed E-state index contributed by atoms with van der Waals surface area (Å²) >= 11 is 5.35. The summed E-state index contributed by atoms with van der Waals surface area (Å²) in [6.45, 7) is 1.95. The van der Waals surface area contributed by atoms with Crippen LogP contribution in [0.2, 0.25) is 0 Å². The highest BCUT2D eigenvalue weighted by atomic mass is 32.1. The van der Waals surface area contributed by atoms with E-state index in [0.717, 1.165) is 25.2 Å². The van der Waals surface area contributed by atoms with Gasteiger partial charge in [0.1, 0.15) is 37.1 Å². The van der Waals surface area contributed by atoms with Gasteiger partial charge in [-0.25, -0.2) is 0 Å². The lowest BCUT2D eigenvalue weighted by molar-refractivity contribution is 0.0680. The summed E-state index contributed by atoms with van der Waals surface area (Å²) in [6.07, 6.45) is 2.22. The molecule has 4 rings (SSSR count). The summed E-state index contributed by atoms with van der Waals surface area (Å²) < 4.78 is 22.9. The van der Waals surface area contributed by atoms with Crippen molar-refractivity contribution in [3.05, 3.63) is 84.4 Å². The Balaban J connectivity index is 1.26. The van der Waals surface area contributed by atoms with Gasteiger partial charge >= 0.3 is 0 Å². The minimum absolute atomic E-state index is 0.138. The Hall–Kier alpha value is -3.62. The molecule has 1 unspecified atom stereocenters. The topological polar surface area (TPSA) is 78.1 Å². The molecule has 0 aromatic heterocycles. The molecule has 2 N–H and O–H groups in total. The summed E-state index contributed by atoms with van der Waals surface area (Å²) in [6, 6.07) is 23.9. The highest BCUT2D eigenvalue weighted by Crippen LogP contribution is 2.21. The molecule has 1 aliphatic heterocycles. The second kappa shape index (κ2) is 12.7. The second-order valence-electron chi connectivity index (χ2n) is 7.89. The van der Waals surface area contributed by atoms with Gasteiger partial charge in [0.05, 0.1) is 11.7 Å². The third-order valence-electron chi connectivity index (χ3n) is 5.26. The number of hydrogen-bond acceptors (Lipinski definition) is 6. The van der Waals surface area contributed by atoms with Gasteiger partial charge in [-0.3, -0.25) is 10.1 Å². The Labute approximate surface area is 210 Å². The highest BCUT2D eigenvalue weighted by molar-refractivity contribution is 7.80. The van der Waals surface area contributed by atoms with E-state index in [1.807, 2.05) is 60.7 Å². The maximum absolute atomic E-state index is 12.8. The maximum atomic E-state index is 12.8. The molecule has 182 valence electrons. The molecular weight excluding hydrogens is 464 g/mol. The fraction of sp³-hybridized carbons (Fsp3) is 0.259. The van der Waals surface area contributed by atoms with Crippen LogP contribution in [0.15, 0.2) is 78.9 Å². The predicted octanol–water partition coefficient (Wildman–Crippen LogP) is 4.83. The lowest BCUT2D eigenvalue weighted by atomic mass is 10.2. The van der Waals surface area contributed by atoms with Crippen molar-refractivity contribution < 1.29 is 23.7 Å². The molecule has 1 amide bonds. The number of amides is 1. The van der Waals surface area contributed by atoms with Crippen LogP contribution in [0.4, 0.5) is 5.69 Å². The standard InChI is InChI=1S/C27H28N2O5S/c30-26(24-13-4-5-14-25(24)33-17-16-32-21-9-2-1-3-10-21)29-27(35)28-20-8-6-11-22(18-20)34-19-23-12-7-15-31-23/h1-6,8-11,13-14,18,23H,7,12,15-17,19H2,(H2,28,29,30,35). The van der Waals surface area contributed by atoms with E-state index in [-0.39, 0.29) is 17.1 Å². The molecule has 0 saturated carbocycles. The van der Waals surface area contributed by atoms with E-state index >= 15 is 0 Å². The Morgan fingerprint density at radius 1 is 0.914 bits per heavy atom. The van der Waals surface area contributed by atoms with E-state index in [1.165, 1.54) is 0 Å². The molecule has 0 bridgehead atoms. The van der Waals surface area contributed by atoms with Gasteiger partial charge in [-0.05, 0) is 61.5 Å². The summed E-state index contributed by atoms with van der Waals surface area (Å²) in [7, 11) is 0. The van der Waals surface area contributed by atoms with E-state index in [4.69, 9.17) is 31.2 Å². The van der Waals surface area contributed by atoms with Crippen LogP contribution in [0.5, 0.6) is 17.2 Å². The third kappa shape index (κ3) is 7.70. The number of anilines is 1. The van der Waals surface area contributed by atoms with Gasteiger partial charge in [0.2, 0.25) is 0 Å². The fourth-order valence-corrected chi connectivity index (χ4v) is 3.78. The lowest BCUT2D eigenvalue weighted by Crippen LogP contribution is -2.34. The first-order valence-corrected chi connectivity index (χ1v) is 11.9. The molecule has 1 saturated heterocycles. The van der Waals surface area contributed by atoms with Crippen LogP contribution in [0.25, 0.3) is 0 Å². The zero-order valence-corrected chi connectivity index (χ0v) is 20.1. The number of para-hydroxylation sites is 2. The minimum atomic E-state index is -0.368. The first kappa shape index (κ1) is 24.5. The van der Waals surface area contributed by atoms with Crippen LogP contribution in [0.3, 0.4) is 0 Å². The zero-order chi connectivity index (χ0) is 24.3.